The summed E-state index contributed by atoms with van der Waals surface area (Å²) in [6.45, 7) is 2.71. The van der Waals surface area contributed by atoms with Crippen LogP contribution in [-0.2, 0) is 11.3 Å². The molecule has 4 nitrogen and oxygen atoms in total. The Bertz CT molecular complexity index is 438. The van der Waals surface area contributed by atoms with Crippen LogP contribution in [0.3, 0.4) is 0 Å². The molecule has 1 fully saturated rings. The van der Waals surface area contributed by atoms with Crippen molar-refractivity contribution >= 4 is 11.6 Å². The van der Waals surface area contributed by atoms with Crippen LogP contribution in [0, 0.1) is 0 Å². The number of benzene rings is 1. The quantitative estimate of drug-likeness (QED) is 0.810. The number of hydrogen-bond acceptors (Lipinski definition) is 3. The third kappa shape index (κ3) is 3.97. The topological polar surface area (TPSA) is 58.4 Å². The molecule has 2 rings (SSSR count). The molecule has 0 spiro atoms. The maximum absolute atomic E-state index is 12.2. The van der Waals surface area contributed by atoms with E-state index in [1.54, 1.807) is 0 Å². The molecule has 1 amide bonds. The average Bonchev–Trinajstić information content (AvgIpc) is 2.93. The van der Waals surface area contributed by atoms with E-state index in [0.717, 1.165) is 25.1 Å². The average molecular weight is 275 g/mol. The third-order valence-corrected chi connectivity index (χ3v) is 4.15. The van der Waals surface area contributed by atoms with Gasteiger partial charge in [-0.05, 0) is 44.5 Å². The summed E-state index contributed by atoms with van der Waals surface area (Å²) in [5.41, 5.74) is 7.61. The van der Waals surface area contributed by atoms with Gasteiger partial charge in [-0.2, -0.15) is 0 Å². The molecular weight excluding hydrogens is 250 g/mol. The first-order valence-electron chi connectivity index (χ1n) is 7.41. The summed E-state index contributed by atoms with van der Waals surface area (Å²) in [6, 6.07) is 8.07. The molecule has 1 aliphatic rings. The van der Waals surface area contributed by atoms with Crippen molar-refractivity contribution < 1.29 is 4.79 Å². The van der Waals surface area contributed by atoms with E-state index in [-0.39, 0.29) is 11.9 Å². The van der Waals surface area contributed by atoms with E-state index in [1.807, 2.05) is 38.2 Å². The Labute approximate surface area is 121 Å². The van der Waals surface area contributed by atoms with Gasteiger partial charge in [0.2, 0.25) is 5.91 Å². The summed E-state index contributed by atoms with van der Waals surface area (Å²) in [7, 11) is 1.98. The Morgan fingerprint density at radius 3 is 2.55 bits per heavy atom. The molecule has 1 saturated carbocycles. The summed E-state index contributed by atoms with van der Waals surface area (Å²) in [4.78, 5) is 14.3. The van der Waals surface area contributed by atoms with Crippen LogP contribution < -0.4 is 11.1 Å². The number of nitrogens with one attached hydrogen (secondary N) is 1. The van der Waals surface area contributed by atoms with Gasteiger partial charge in [0.25, 0.3) is 0 Å². The number of likely N-dealkylation sites (N-methyl/N-ethyl adjacent to an activating group) is 1. The Hall–Kier alpha value is -1.55. The van der Waals surface area contributed by atoms with Crippen LogP contribution >= 0.6 is 0 Å². The Morgan fingerprint density at radius 2 is 1.95 bits per heavy atom. The van der Waals surface area contributed by atoms with Crippen LogP contribution in [-0.4, -0.2) is 29.9 Å². The van der Waals surface area contributed by atoms with Gasteiger partial charge in [-0.1, -0.05) is 25.0 Å². The lowest BCUT2D eigenvalue weighted by molar-refractivity contribution is -0.126. The van der Waals surface area contributed by atoms with E-state index in [0.29, 0.717) is 6.04 Å². The first-order valence-corrected chi connectivity index (χ1v) is 7.41. The fraction of sp³-hybridized carbons (Fsp3) is 0.562. The van der Waals surface area contributed by atoms with Crippen molar-refractivity contribution in [3.05, 3.63) is 29.8 Å². The monoisotopic (exact) mass is 275 g/mol. The fourth-order valence-electron chi connectivity index (χ4n) is 2.64. The highest BCUT2D eigenvalue weighted by molar-refractivity contribution is 5.81. The van der Waals surface area contributed by atoms with E-state index in [4.69, 9.17) is 5.73 Å². The molecule has 0 bridgehead atoms. The molecular formula is C16H25N3O. The van der Waals surface area contributed by atoms with Gasteiger partial charge in [-0.25, -0.2) is 0 Å². The van der Waals surface area contributed by atoms with Crippen molar-refractivity contribution in [2.45, 2.75) is 51.2 Å². The number of carbonyl (C=O) groups is 1. The second kappa shape index (κ2) is 6.75. The number of nitrogen functional groups attached to an aromatic ring is 1. The van der Waals surface area contributed by atoms with Crippen LogP contribution in [0.5, 0.6) is 0 Å². The number of carbonyl (C=O) groups excluding carboxylic acids is 1. The number of anilines is 1. The molecule has 0 radical (unpaired) electrons. The van der Waals surface area contributed by atoms with E-state index < -0.39 is 0 Å². The highest BCUT2D eigenvalue weighted by Gasteiger charge is 2.22. The maximum atomic E-state index is 12.2. The molecule has 0 saturated heterocycles. The molecule has 1 atom stereocenters. The molecule has 1 aromatic rings. The second-order valence-electron chi connectivity index (χ2n) is 5.82. The van der Waals surface area contributed by atoms with Crippen molar-refractivity contribution in [3.63, 3.8) is 0 Å². The summed E-state index contributed by atoms with van der Waals surface area (Å²) >= 11 is 0. The maximum Gasteiger partial charge on any atom is 0.237 e. The van der Waals surface area contributed by atoms with Crippen LogP contribution in [0.25, 0.3) is 0 Å². The minimum absolute atomic E-state index is 0.117. The lowest BCUT2D eigenvalue weighted by Crippen LogP contribution is -2.46. The zero-order valence-electron chi connectivity index (χ0n) is 12.4. The highest BCUT2D eigenvalue weighted by atomic mass is 16.2. The van der Waals surface area contributed by atoms with Gasteiger partial charge in [0, 0.05) is 18.3 Å². The van der Waals surface area contributed by atoms with Gasteiger partial charge in [0.1, 0.15) is 0 Å². The minimum Gasteiger partial charge on any atom is -0.399 e. The summed E-state index contributed by atoms with van der Waals surface area (Å²) in [6.07, 6.45) is 4.72. The van der Waals surface area contributed by atoms with Crippen molar-refractivity contribution in [1.29, 1.82) is 0 Å². The Morgan fingerprint density at radius 1 is 1.35 bits per heavy atom. The number of hydrogen-bond donors (Lipinski definition) is 2. The van der Waals surface area contributed by atoms with Gasteiger partial charge in [0.05, 0.1) is 6.04 Å². The van der Waals surface area contributed by atoms with Crippen LogP contribution in [0.15, 0.2) is 24.3 Å². The van der Waals surface area contributed by atoms with E-state index in [1.165, 1.54) is 18.4 Å². The molecule has 20 heavy (non-hydrogen) atoms. The highest BCUT2D eigenvalue weighted by Crippen LogP contribution is 2.18. The van der Waals surface area contributed by atoms with Crippen molar-refractivity contribution in [1.82, 2.24) is 10.2 Å². The number of rotatable bonds is 5. The van der Waals surface area contributed by atoms with Crippen molar-refractivity contribution in [3.8, 4) is 0 Å². The number of amides is 1. The van der Waals surface area contributed by atoms with E-state index in [2.05, 4.69) is 10.2 Å². The van der Waals surface area contributed by atoms with Gasteiger partial charge in [0.15, 0.2) is 0 Å². The van der Waals surface area contributed by atoms with E-state index >= 15 is 0 Å². The molecule has 0 aliphatic heterocycles. The number of nitrogens with zero attached hydrogens (tertiary/aromatic N) is 1. The SMILES string of the molecule is CC(C(=O)NC1CCCC1)N(C)Cc1ccc(N)cc1. The zero-order chi connectivity index (χ0) is 14.5. The summed E-state index contributed by atoms with van der Waals surface area (Å²) < 4.78 is 0. The number of nitrogens with two attached hydrogens (primary N) is 1. The molecule has 0 aromatic heterocycles. The molecule has 1 aliphatic carbocycles. The first kappa shape index (κ1) is 14.9. The van der Waals surface area contributed by atoms with Crippen molar-refractivity contribution in [2.24, 2.45) is 0 Å². The molecule has 1 unspecified atom stereocenters. The van der Waals surface area contributed by atoms with Gasteiger partial charge >= 0.3 is 0 Å². The Kier molecular flexibility index (Phi) is 5.01. The van der Waals surface area contributed by atoms with Crippen LogP contribution in [0.4, 0.5) is 5.69 Å². The predicted molar refractivity (Wildman–Crippen MR) is 82.2 cm³/mol. The van der Waals surface area contributed by atoms with Gasteiger partial charge < -0.3 is 11.1 Å². The molecule has 4 heteroatoms. The van der Waals surface area contributed by atoms with Crippen LogP contribution in [0.1, 0.15) is 38.2 Å². The normalized spacial score (nSPS) is 17.4. The van der Waals surface area contributed by atoms with E-state index in [9.17, 15) is 4.79 Å². The summed E-state index contributed by atoms with van der Waals surface area (Å²) in [5, 5.41) is 3.15. The molecule has 1 aromatic carbocycles. The van der Waals surface area contributed by atoms with Gasteiger partial charge in [-0.15, -0.1) is 0 Å². The zero-order valence-corrected chi connectivity index (χ0v) is 12.4. The lowest BCUT2D eigenvalue weighted by Gasteiger charge is -2.25. The lowest BCUT2D eigenvalue weighted by atomic mass is 10.1. The van der Waals surface area contributed by atoms with Gasteiger partial charge in [-0.3, -0.25) is 9.69 Å². The molecule has 3 N–H and O–H groups in total. The standard InChI is InChI=1S/C16H25N3O/c1-12(16(20)18-15-5-3-4-6-15)19(2)11-13-7-9-14(17)10-8-13/h7-10,12,15H,3-6,11,17H2,1-2H3,(H,18,20). The fourth-order valence-corrected chi connectivity index (χ4v) is 2.64. The smallest absolute Gasteiger partial charge is 0.237 e. The predicted octanol–water partition coefficient (Wildman–Crippen LogP) is 2.15. The molecule has 0 heterocycles. The van der Waals surface area contributed by atoms with Crippen LogP contribution in [0.2, 0.25) is 0 Å². The Balaban J connectivity index is 1.85. The minimum atomic E-state index is -0.117. The third-order valence-electron chi connectivity index (χ3n) is 4.15. The second-order valence-corrected chi connectivity index (χ2v) is 5.82. The largest absolute Gasteiger partial charge is 0.399 e. The van der Waals surface area contributed by atoms with Crippen molar-refractivity contribution in [2.75, 3.05) is 12.8 Å². The first-order chi connectivity index (χ1) is 9.56. The molecule has 110 valence electrons. The summed E-state index contributed by atoms with van der Waals surface area (Å²) in [5.74, 6) is 0.134.